The highest BCUT2D eigenvalue weighted by molar-refractivity contribution is 7.11. The van der Waals surface area contributed by atoms with Crippen molar-refractivity contribution in [1.29, 1.82) is 0 Å². The van der Waals surface area contributed by atoms with E-state index in [-0.39, 0.29) is 18.3 Å². The summed E-state index contributed by atoms with van der Waals surface area (Å²) in [5, 5.41) is 3.55. The molecule has 0 aromatic carbocycles. The molecule has 2 heterocycles. The lowest BCUT2D eigenvalue weighted by atomic mass is 10.4. The van der Waals surface area contributed by atoms with Gasteiger partial charge in [0.15, 0.2) is 5.69 Å². The zero-order valence-corrected chi connectivity index (χ0v) is 11.8. The summed E-state index contributed by atoms with van der Waals surface area (Å²) in [5.74, 6) is 4.80. The molecule has 0 aliphatic carbocycles. The van der Waals surface area contributed by atoms with Gasteiger partial charge in [-0.1, -0.05) is 6.92 Å². The molecule has 0 radical (unpaired) electrons. The Morgan fingerprint density at radius 1 is 1.33 bits per heavy atom. The van der Waals surface area contributed by atoms with Gasteiger partial charge in [0.2, 0.25) is 5.95 Å². The molecule has 0 unspecified atom stereocenters. The number of aromatic nitrogens is 3. The molecule has 10 heteroatoms. The molecule has 21 heavy (non-hydrogen) atoms. The van der Waals surface area contributed by atoms with Gasteiger partial charge < -0.3 is 5.32 Å². The topological polar surface area (TPSA) is 88.8 Å². The lowest BCUT2D eigenvalue weighted by Gasteiger charge is -2.10. The summed E-state index contributed by atoms with van der Waals surface area (Å²) >= 11 is 1.49. The maximum absolute atomic E-state index is 12.7. The van der Waals surface area contributed by atoms with Gasteiger partial charge in [-0.25, -0.2) is 15.8 Å². The van der Waals surface area contributed by atoms with Crippen molar-refractivity contribution < 1.29 is 13.2 Å². The van der Waals surface area contributed by atoms with Crippen LogP contribution in [0.3, 0.4) is 0 Å². The van der Waals surface area contributed by atoms with E-state index in [2.05, 4.69) is 20.3 Å². The maximum Gasteiger partial charge on any atom is 0.433 e. The van der Waals surface area contributed by atoms with Crippen molar-refractivity contribution in [2.24, 2.45) is 5.84 Å². The van der Waals surface area contributed by atoms with E-state index in [1.807, 2.05) is 12.3 Å². The largest absolute Gasteiger partial charge is 0.433 e. The number of rotatable bonds is 5. The van der Waals surface area contributed by atoms with E-state index in [0.29, 0.717) is 0 Å². The highest BCUT2D eigenvalue weighted by atomic mass is 32.1. The fraction of sp³-hybridized carbons (Fsp3) is 0.364. The van der Waals surface area contributed by atoms with Gasteiger partial charge >= 0.3 is 6.18 Å². The van der Waals surface area contributed by atoms with E-state index in [1.165, 1.54) is 11.3 Å². The molecule has 0 amide bonds. The van der Waals surface area contributed by atoms with Gasteiger partial charge in [-0.15, -0.1) is 11.3 Å². The van der Waals surface area contributed by atoms with E-state index in [1.54, 1.807) is 6.20 Å². The molecular weight excluding hydrogens is 305 g/mol. The number of hydrogen-bond donors (Lipinski definition) is 3. The second-order valence-electron chi connectivity index (χ2n) is 4.03. The average Bonchev–Trinajstić information content (AvgIpc) is 2.92. The Bertz CT molecular complexity index is 612. The van der Waals surface area contributed by atoms with Crippen molar-refractivity contribution in [3.05, 3.63) is 27.8 Å². The zero-order valence-electron chi connectivity index (χ0n) is 11.0. The molecule has 2 aromatic rings. The second-order valence-corrected chi connectivity index (χ2v) is 5.23. The minimum atomic E-state index is -4.57. The number of halogens is 3. The predicted molar refractivity (Wildman–Crippen MR) is 73.7 cm³/mol. The van der Waals surface area contributed by atoms with Crippen molar-refractivity contribution in [1.82, 2.24) is 15.0 Å². The molecule has 4 N–H and O–H groups in total. The van der Waals surface area contributed by atoms with Gasteiger partial charge in [0.1, 0.15) is 10.8 Å². The fourth-order valence-electron chi connectivity index (χ4n) is 1.51. The number of alkyl halides is 3. The Labute approximate surface area is 122 Å². The minimum absolute atomic E-state index is 0.0264. The van der Waals surface area contributed by atoms with E-state index >= 15 is 0 Å². The molecule has 0 saturated carbocycles. The lowest BCUT2D eigenvalue weighted by molar-refractivity contribution is -0.141. The molecule has 0 aliphatic heterocycles. The van der Waals surface area contributed by atoms with E-state index in [0.717, 1.165) is 22.4 Å². The van der Waals surface area contributed by atoms with Crippen LogP contribution in [0.15, 0.2) is 12.3 Å². The maximum atomic E-state index is 12.7. The smallest absolute Gasteiger partial charge is 0.363 e. The standard InChI is InChI=1S/C11H13F3N6S/c1-2-6-4-17-9(21-6)5-16-8-3-7(11(12,13)14)18-10(19-8)20-15/h3-4H,2,5,15H2,1H3,(H2,16,18,19,20). The highest BCUT2D eigenvalue weighted by Gasteiger charge is 2.33. The molecule has 0 aliphatic rings. The van der Waals surface area contributed by atoms with E-state index in [9.17, 15) is 13.2 Å². The molecule has 0 atom stereocenters. The van der Waals surface area contributed by atoms with Crippen molar-refractivity contribution in [2.45, 2.75) is 26.1 Å². The fourth-order valence-corrected chi connectivity index (χ4v) is 2.31. The van der Waals surface area contributed by atoms with Crippen LogP contribution < -0.4 is 16.6 Å². The lowest BCUT2D eigenvalue weighted by Crippen LogP contribution is -2.16. The summed E-state index contributed by atoms with van der Waals surface area (Å²) in [6.07, 6.45) is -1.96. The van der Waals surface area contributed by atoms with Crippen molar-refractivity contribution >= 4 is 23.1 Å². The van der Waals surface area contributed by atoms with Crippen LogP contribution in [0, 0.1) is 0 Å². The van der Waals surface area contributed by atoms with Gasteiger partial charge in [0, 0.05) is 17.1 Å². The number of anilines is 2. The first kappa shape index (κ1) is 15.4. The minimum Gasteiger partial charge on any atom is -0.363 e. The van der Waals surface area contributed by atoms with Crippen LogP contribution in [-0.2, 0) is 19.1 Å². The summed E-state index contributed by atoms with van der Waals surface area (Å²) in [6, 6.07) is 0.829. The number of nitrogens with one attached hydrogen (secondary N) is 2. The summed E-state index contributed by atoms with van der Waals surface area (Å²) in [4.78, 5) is 12.4. The van der Waals surface area contributed by atoms with Crippen LogP contribution in [-0.4, -0.2) is 15.0 Å². The Kier molecular flexibility index (Phi) is 4.58. The Morgan fingerprint density at radius 2 is 2.10 bits per heavy atom. The highest BCUT2D eigenvalue weighted by Crippen LogP contribution is 2.29. The number of thiazole rings is 1. The number of nitrogen functional groups attached to an aromatic ring is 1. The van der Waals surface area contributed by atoms with Crippen molar-refractivity contribution in [3.63, 3.8) is 0 Å². The summed E-state index contributed by atoms with van der Waals surface area (Å²) in [7, 11) is 0. The monoisotopic (exact) mass is 318 g/mol. The first-order valence-corrected chi connectivity index (χ1v) is 6.84. The van der Waals surface area contributed by atoms with Gasteiger partial charge in [-0.05, 0) is 6.42 Å². The molecule has 6 nitrogen and oxygen atoms in total. The number of hydrazine groups is 1. The van der Waals surface area contributed by atoms with Crippen LogP contribution in [0.25, 0.3) is 0 Å². The molecule has 0 fully saturated rings. The van der Waals surface area contributed by atoms with Crippen LogP contribution in [0.5, 0.6) is 0 Å². The molecule has 0 spiro atoms. The van der Waals surface area contributed by atoms with E-state index < -0.39 is 11.9 Å². The molecule has 0 bridgehead atoms. The Balaban J connectivity index is 2.15. The Morgan fingerprint density at radius 3 is 2.67 bits per heavy atom. The molecular formula is C11H13F3N6S. The van der Waals surface area contributed by atoms with Gasteiger partial charge in [-0.3, -0.25) is 5.43 Å². The predicted octanol–water partition coefficient (Wildman–Crippen LogP) is 2.41. The SMILES string of the molecule is CCc1cnc(CNc2cc(C(F)(F)F)nc(NN)n2)s1. The third kappa shape index (κ3) is 4.02. The molecule has 114 valence electrons. The van der Waals surface area contributed by atoms with Crippen molar-refractivity contribution in [3.8, 4) is 0 Å². The average molecular weight is 318 g/mol. The number of hydrogen-bond acceptors (Lipinski definition) is 7. The summed E-state index contributed by atoms with van der Waals surface area (Å²) in [5.41, 5.74) is 0.948. The third-order valence-corrected chi connectivity index (χ3v) is 3.66. The first-order chi connectivity index (χ1) is 9.92. The van der Waals surface area contributed by atoms with E-state index in [4.69, 9.17) is 5.84 Å². The van der Waals surface area contributed by atoms with Crippen LogP contribution in [0.4, 0.5) is 24.9 Å². The third-order valence-electron chi connectivity index (χ3n) is 2.52. The van der Waals surface area contributed by atoms with Crippen molar-refractivity contribution in [2.75, 3.05) is 10.7 Å². The van der Waals surface area contributed by atoms with Crippen LogP contribution in [0.2, 0.25) is 0 Å². The zero-order chi connectivity index (χ0) is 15.5. The second kappa shape index (κ2) is 6.22. The Hall–Kier alpha value is -1.94. The normalized spacial score (nSPS) is 11.5. The van der Waals surface area contributed by atoms with Gasteiger partial charge in [0.05, 0.1) is 6.54 Å². The number of nitrogens with zero attached hydrogens (tertiary/aromatic N) is 3. The van der Waals surface area contributed by atoms with Gasteiger partial charge in [0.25, 0.3) is 0 Å². The first-order valence-electron chi connectivity index (χ1n) is 6.02. The number of nitrogens with two attached hydrogens (primary N) is 1. The molecule has 2 rings (SSSR count). The van der Waals surface area contributed by atoms with Gasteiger partial charge in [-0.2, -0.15) is 18.2 Å². The summed E-state index contributed by atoms with van der Waals surface area (Å²) < 4.78 is 38.1. The summed E-state index contributed by atoms with van der Waals surface area (Å²) in [6.45, 7) is 2.28. The number of aryl methyl sites for hydroxylation is 1. The van der Waals surface area contributed by atoms with Crippen LogP contribution in [0.1, 0.15) is 22.5 Å². The van der Waals surface area contributed by atoms with Crippen LogP contribution >= 0.6 is 11.3 Å². The molecule has 2 aromatic heterocycles. The quantitative estimate of drug-likeness (QED) is 0.579. The molecule has 0 saturated heterocycles.